The van der Waals surface area contributed by atoms with Crippen LogP contribution in [0.2, 0.25) is 0 Å². The molecule has 2 fully saturated rings. The molecule has 4 unspecified atom stereocenters. The van der Waals surface area contributed by atoms with Crippen molar-refractivity contribution in [3.05, 3.63) is 35.5 Å². The van der Waals surface area contributed by atoms with E-state index in [1.54, 1.807) is 11.1 Å². The molecule has 4 bridgehead atoms. The molecule has 0 aromatic carbocycles. The van der Waals surface area contributed by atoms with E-state index in [0.29, 0.717) is 0 Å². The molecule has 4 aliphatic carbocycles. The lowest BCUT2D eigenvalue weighted by Gasteiger charge is -2.21. The Bertz CT molecular complexity index is 372. The lowest BCUT2D eigenvalue weighted by molar-refractivity contribution is 0.637. The smallest absolute Gasteiger partial charge is 0.0153 e. The van der Waals surface area contributed by atoms with Gasteiger partial charge in [-0.05, 0) is 78.9 Å². The van der Waals surface area contributed by atoms with Crippen LogP contribution in [-0.2, 0) is 0 Å². The minimum atomic E-state index is 0.873. The third-order valence-corrected chi connectivity index (χ3v) is 5.35. The van der Waals surface area contributed by atoms with Gasteiger partial charge in [0.15, 0.2) is 0 Å². The second kappa shape index (κ2) is 3.12. The van der Waals surface area contributed by atoms with Gasteiger partial charge in [-0.15, -0.1) is 0 Å². The van der Waals surface area contributed by atoms with Crippen LogP contribution in [0.3, 0.4) is 0 Å². The monoisotopic (exact) mass is 212 g/mol. The zero-order valence-electron chi connectivity index (χ0n) is 9.91. The maximum Gasteiger partial charge on any atom is -0.0153 e. The molecule has 0 saturated heterocycles. The Morgan fingerprint density at radius 2 is 1.38 bits per heavy atom. The maximum absolute atomic E-state index is 4.42. The molecule has 0 N–H and O–H groups in total. The minimum absolute atomic E-state index is 0.873. The largest absolute Gasteiger partial charge is 0.0912 e. The molecule has 0 spiro atoms. The zero-order valence-corrected chi connectivity index (χ0v) is 9.91. The number of hydrogen-bond acceptors (Lipinski definition) is 0. The lowest BCUT2D eigenvalue weighted by Crippen LogP contribution is -2.06. The van der Waals surface area contributed by atoms with Crippen molar-refractivity contribution in [2.24, 2.45) is 23.7 Å². The van der Waals surface area contributed by atoms with Crippen LogP contribution >= 0.6 is 0 Å². The first kappa shape index (κ1) is 9.27. The Labute approximate surface area is 98.1 Å². The summed E-state index contributed by atoms with van der Waals surface area (Å²) in [4.78, 5) is 0. The van der Waals surface area contributed by atoms with Gasteiger partial charge in [0.05, 0.1) is 0 Å². The number of fused-ring (bicyclic) bond motifs is 4. The molecule has 4 rings (SSSR count). The summed E-state index contributed by atoms with van der Waals surface area (Å²) >= 11 is 0. The highest BCUT2D eigenvalue weighted by Crippen LogP contribution is 2.52. The van der Waals surface area contributed by atoms with Gasteiger partial charge in [0, 0.05) is 0 Å². The average Bonchev–Trinajstić information content (AvgIpc) is 3.06. The fourth-order valence-electron chi connectivity index (χ4n) is 4.54. The summed E-state index contributed by atoms with van der Waals surface area (Å²) in [5.74, 6) is 3.54. The Balaban J connectivity index is 1.63. The van der Waals surface area contributed by atoms with Crippen LogP contribution in [-0.4, -0.2) is 0 Å². The van der Waals surface area contributed by atoms with Crippen LogP contribution in [0.15, 0.2) is 35.5 Å². The lowest BCUT2D eigenvalue weighted by atomic mass is 9.84. The quantitative estimate of drug-likeness (QED) is 0.641. The van der Waals surface area contributed by atoms with Crippen LogP contribution in [0.4, 0.5) is 0 Å². The minimum Gasteiger partial charge on any atom is -0.0912 e. The standard InChI is InChI=1S/C16H20/c1-10(15-8-11-2-4-13(15)6-11)16-9-12-3-5-14(16)7-12/h8-9,11-14H,1-7H2. The summed E-state index contributed by atoms with van der Waals surface area (Å²) in [5.41, 5.74) is 4.70. The number of allylic oxidation sites excluding steroid dienone is 5. The third kappa shape index (κ3) is 1.16. The van der Waals surface area contributed by atoms with Crippen molar-refractivity contribution in [3.63, 3.8) is 0 Å². The zero-order chi connectivity index (χ0) is 10.7. The molecule has 84 valence electrons. The summed E-state index contributed by atoms with van der Waals surface area (Å²) in [6, 6.07) is 0. The van der Waals surface area contributed by atoms with E-state index in [0.717, 1.165) is 23.7 Å². The van der Waals surface area contributed by atoms with Crippen LogP contribution < -0.4 is 0 Å². The van der Waals surface area contributed by atoms with E-state index in [4.69, 9.17) is 0 Å². The molecule has 4 atom stereocenters. The van der Waals surface area contributed by atoms with Gasteiger partial charge in [0.1, 0.15) is 0 Å². The van der Waals surface area contributed by atoms with Crippen molar-refractivity contribution < 1.29 is 0 Å². The van der Waals surface area contributed by atoms with Gasteiger partial charge in [-0.3, -0.25) is 0 Å². The summed E-state index contributed by atoms with van der Waals surface area (Å²) in [6.45, 7) is 4.42. The normalized spacial score (nSPS) is 43.8. The molecule has 16 heavy (non-hydrogen) atoms. The Kier molecular flexibility index (Phi) is 1.81. The van der Waals surface area contributed by atoms with Gasteiger partial charge in [0.25, 0.3) is 0 Å². The second-order valence-electron chi connectivity index (χ2n) is 6.26. The highest BCUT2D eigenvalue weighted by atomic mass is 14.4. The molecular weight excluding hydrogens is 192 g/mol. The van der Waals surface area contributed by atoms with Gasteiger partial charge in [0.2, 0.25) is 0 Å². The highest BCUT2D eigenvalue weighted by molar-refractivity contribution is 5.51. The molecular formula is C16H20. The van der Waals surface area contributed by atoms with Crippen molar-refractivity contribution in [2.45, 2.75) is 38.5 Å². The van der Waals surface area contributed by atoms with Crippen LogP contribution in [0.5, 0.6) is 0 Å². The van der Waals surface area contributed by atoms with E-state index in [9.17, 15) is 0 Å². The van der Waals surface area contributed by atoms with Gasteiger partial charge < -0.3 is 0 Å². The van der Waals surface area contributed by atoms with Crippen molar-refractivity contribution in [1.29, 1.82) is 0 Å². The Morgan fingerprint density at radius 3 is 1.69 bits per heavy atom. The van der Waals surface area contributed by atoms with Gasteiger partial charge in [-0.1, -0.05) is 18.7 Å². The van der Waals surface area contributed by atoms with Crippen LogP contribution in [0, 0.1) is 23.7 Å². The molecule has 4 aliphatic rings. The van der Waals surface area contributed by atoms with E-state index in [1.165, 1.54) is 44.1 Å². The van der Waals surface area contributed by atoms with Crippen molar-refractivity contribution >= 4 is 0 Å². The van der Waals surface area contributed by atoms with E-state index >= 15 is 0 Å². The summed E-state index contributed by atoms with van der Waals surface area (Å²) in [5, 5.41) is 0. The van der Waals surface area contributed by atoms with E-state index in [2.05, 4.69) is 18.7 Å². The SMILES string of the molecule is C=C(C1=CC2CCC1C2)C1=CC2CCC1C2. The summed E-state index contributed by atoms with van der Waals surface area (Å²) < 4.78 is 0. The van der Waals surface area contributed by atoms with Gasteiger partial charge in [-0.2, -0.15) is 0 Å². The number of rotatable bonds is 2. The van der Waals surface area contributed by atoms with Gasteiger partial charge in [-0.25, -0.2) is 0 Å². The Morgan fingerprint density at radius 1 is 0.875 bits per heavy atom. The Hall–Kier alpha value is -0.780. The number of hydrogen-bond donors (Lipinski definition) is 0. The second-order valence-corrected chi connectivity index (χ2v) is 6.26. The molecule has 0 radical (unpaired) electrons. The molecule has 0 aliphatic heterocycles. The molecule has 2 saturated carbocycles. The first-order valence-electron chi connectivity index (χ1n) is 6.94. The van der Waals surface area contributed by atoms with E-state index < -0.39 is 0 Å². The molecule has 0 amide bonds. The topological polar surface area (TPSA) is 0 Å². The first-order valence-corrected chi connectivity index (χ1v) is 6.94. The van der Waals surface area contributed by atoms with Crippen molar-refractivity contribution in [3.8, 4) is 0 Å². The summed E-state index contributed by atoms with van der Waals surface area (Å²) in [6.07, 6.45) is 13.7. The van der Waals surface area contributed by atoms with Crippen LogP contribution in [0.1, 0.15) is 38.5 Å². The first-order chi connectivity index (χ1) is 7.81. The summed E-state index contributed by atoms with van der Waals surface area (Å²) in [7, 11) is 0. The predicted molar refractivity (Wildman–Crippen MR) is 67.0 cm³/mol. The molecule has 0 nitrogen and oxygen atoms in total. The highest BCUT2D eigenvalue weighted by Gasteiger charge is 2.38. The third-order valence-electron chi connectivity index (χ3n) is 5.35. The predicted octanol–water partition coefficient (Wildman–Crippen LogP) is 4.26. The van der Waals surface area contributed by atoms with Crippen molar-refractivity contribution in [2.75, 3.05) is 0 Å². The fourth-order valence-corrected chi connectivity index (χ4v) is 4.54. The van der Waals surface area contributed by atoms with Crippen LogP contribution in [0.25, 0.3) is 0 Å². The van der Waals surface area contributed by atoms with E-state index in [-0.39, 0.29) is 0 Å². The maximum atomic E-state index is 4.42. The molecule has 0 aromatic heterocycles. The molecule has 0 aromatic rings. The van der Waals surface area contributed by atoms with Gasteiger partial charge >= 0.3 is 0 Å². The fraction of sp³-hybridized carbons (Fsp3) is 0.625. The van der Waals surface area contributed by atoms with E-state index in [1.807, 2.05) is 0 Å². The van der Waals surface area contributed by atoms with Crippen molar-refractivity contribution in [1.82, 2.24) is 0 Å². The molecule has 0 heterocycles. The molecule has 0 heteroatoms. The average molecular weight is 212 g/mol.